The summed E-state index contributed by atoms with van der Waals surface area (Å²) in [6.45, 7) is 0.587. The van der Waals surface area contributed by atoms with Gasteiger partial charge in [-0.15, -0.1) is 12.3 Å². The Morgan fingerprint density at radius 2 is 2.31 bits per heavy atom. The highest BCUT2D eigenvalue weighted by Crippen LogP contribution is 2.50. The average Bonchev–Trinajstić information content (AvgIpc) is 3.00. The molecule has 0 aromatic rings. The number of carbonyl (C=O) groups is 1. The predicted octanol–water partition coefficient (Wildman–Crippen LogP) is 2.06. The second-order valence-electron chi connectivity index (χ2n) is 4.90. The highest BCUT2D eigenvalue weighted by atomic mass is 16.5. The normalized spacial score (nSPS) is 33.6. The van der Waals surface area contributed by atoms with Gasteiger partial charge in [-0.1, -0.05) is 0 Å². The van der Waals surface area contributed by atoms with Crippen LogP contribution in [0.4, 0.5) is 0 Å². The minimum Gasteiger partial charge on any atom is -0.481 e. The van der Waals surface area contributed by atoms with Crippen molar-refractivity contribution in [3.63, 3.8) is 0 Å². The summed E-state index contributed by atoms with van der Waals surface area (Å²) in [4.78, 5) is 11.5. The smallest absolute Gasteiger partial charge is 0.312 e. The minimum absolute atomic E-state index is 0.0669. The molecule has 88 valence electrons. The lowest BCUT2D eigenvalue weighted by Gasteiger charge is -2.29. The van der Waals surface area contributed by atoms with Gasteiger partial charge in [0.2, 0.25) is 0 Å². The molecule has 16 heavy (non-hydrogen) atoms. The van der Waals surface area contributed by atoms with Crippen LogP contribution < -0.4 is 0 Å². The van der Waals surface area contributed by atoms with Crippen molar-refractivity contribution in [2.75, 3.05) is 6.61 Å². The maximum Gasteiger partial charge on any atom is 0.312 e. The SMILES string of the molecule is C#CCCCC1(C(=O)O)CCOC1C1CC1. The lowest BCUT2D eigenvalue weighted by Crippen LogP contribution is -2.40. The van der Waals surface area contributed by atoms with E-state index in [2.05, 4.69) is 5.92 Å². The number of carboxylic acids is 1. The van der Waals surface area contributed by atoms with Gasteiger partial charge in [0.25, 0.3) is 0 Å². The van der Waals surface area contributed by atoms with Gasteiger partial charge in [-0.3, -0.25) is 4.79 Å². The first-order valence-corrected chi connectivity index (χ1v) is 5.99. The average molecular weight is 222 g/mol. The molecule has 2 atom stereocenters. The van der Waals surface area contributed by atoms with Crippen LogP contribution in [0.15, 0.2) is 0 Å². The maximum absolute atomic E-state index is 11.5. The van der Waals surface area contributed by atoms with Crippen LogP contribution in [0, 0.1) is 23.7 Å². The highest BCUT2D eigenvalue weighted by molar-refractivity contribution is 5.76. The van der Waals surface area contributed by atoms with Crippen molar-refractivity contribution in [2.45, 2.75) is 44.6 Å². The number of hydrogen-bond donors (Lipinski definition) is 1. The molecule has 0 spiro atoms. The van der Waals surface area contributed by atoms with Crippen LogP contribution in [0.1, 0.15) is 38.5 Å². The lowest BCUT2D eigenvalue weighted by atomic mass is 9.75. The Kier molecular flexibility index (Phi) is 3.20. The fraction of sp³-hybridized carbons (Fsp3) is 0.769. The van der Waals surface area contributed by atoms with E-state index in [1.165, 1.54) is 0 Å². The molecule has 1 aliphatic carbocycles. The van der Waals surface area contributed by atoms with Gasteiger partial charge in [0.05, 0.1) is 11.5 Å². The number of carboxylic acid groups (broad SMARTS) is 1. The van der Waals surface area contributed by atoms with Crippen molar-refractivity contribution in [1.29, 1.82) is 0 Å². The van der Waals surface area contributed by atoms with E-state index in [0.717, 1.165) is 19.3 Å². The summed E-state index contributed by atoms with van der Waals surface area (Å²) < 4.78 is 5.65. The summed E-state index contributed by atoms with van der Waals surface area (Å²) in [7, 11) is 0. The number of aliphatic carboxylic acids is 1. The molecule has 1 heterocycles. The van der Waals surface area contributed by atoms with Gasteiger partial charge in [0.1, 0.15) is 0 Å². The lowest BCUT2D eigenvalue weighted by molar-refractivity contribution is -0.154. The van der Waals surface area contributed by atoms with Crippen LogP contribution in [0.25, 0.3) is 0 Å². The maximum atomic E-state index is 11.5. The van der Waals surface area contributed by atoms with E-state index >= 15 is 0 Å². The molecule has 3 heteroatoms. The van der Waals surface area contributed by atoms with Crippen LogP contribution in [0.2, 0.25) is 0 Å². The van der Waals surface area contributed by atoms with Crippen molar-refractivity contribution < 1.29 is 14.6 Å². The van der Waals surface area contributed by atoms with Crippen LogP contribution in [0.5, 0.6) is 0 Å². The second kappa shape index (κ2) is 4.47. The zero-order chi connectivity index (χ0) is 11.6. The van der Waals surface area contributed by atoms with Crippen LogP contribution in [-0.4, -0.2) is 23.8 Å². The van der Waals surface area contributed by atoms with Gasteiger partial charge in [-0.25, -0.2) is 0 Å². The Hall–Kier alpha value is -1.01. The van der Waals surface area contributed by atoms with Crippen LogP contribution in [-0.2, 0) is 9.53 Å². The Morgan fingerprint density at radius 1 is 1.56 bits per heavy atom. The Bertz CT molecular complexity index is 314. The fourth-order valence-corrected chi connectivity index (χ4v) is 2.76. The van der Waals surface area contributed by atoms with Crippen molar-refractivity contribution in [1.82, 2.24) is 0 Å². The molecular weight excluding hydrogens is 204 g/mol. The van der Waals surface area contributed by atoms with E-state index in [4.69, 9.17) is 11.2 Å². The van der Waals surface area contributed by atoms with Crippen molar-refractivity contribution in [3.05, 3.63) is 0 Å². The third-order valence-electron chi connectivity index (χ3n) is 3.81. The Morgan fingerprint density at radius 3 is 2.88 bits per heavy atom. The summed E-state index contributed by atoms with van der Waals surface area (Å²) in [5.74, 6) is 2.35. The first-order chi connectivity index (χ1) is 7.70. The van der Waals surface area contributed by atoms with Crippen molar-refractivity contribution in [3.8, 4) is 12.3 Å². The number of unbranched alkanes of at least 4 members (excludes halogenated alkanes) is 1. The summed E-state index contributed by atoms with van der Waals surface area (Å²) in [6, 6.07) is 0. The Balaban J connectivity index is 2.07. The Labute approximate surface area is 96.2 Å². The van der Waals surface area contributed by atoms with Crippen LogP contribution >= 0.6 is 0 Å². The summed E-state index contributed by atoms with van der Waals surface area (Å²) in [6.07, 6.45) is 10.1. The van der Waals surface area contributed by atoms with E-state index in [-0.39, 0.29) is 6.10 Å². The molecule has 0 bridgehead atoms. The third-order valence-corrected chi connectivity index (χ3v) is 3.81. The third kappa shape index (κ3) is 1.94. The molecule has 2 rings (SSSR count). The first kappa shape index (κ1) is 11.5. The fourth-order valence-electron chi connectivity index (χ4n) is 2.76. The zero-order valence-corrected chi connectivity index (χ0v) is 9.45. The molecule has 1 saturated carbocycles. The number of ether oxygens (including phenoxy) is 1. The molecule has 0 aromatic heterocycles. The summed E-state index contributed by atoms with van der Waals surface area (Å²) in [5.41, 5.74) is -0.655. The van der Waals surface area contributed by atoms with Crippen molar-refractivity contribution >= 4 is 5.97 Å². The van der Waals surface area contributed by atoms with E-state index < -0.39 is 11.4 Å². The molecule has 2 unspecified atom stereocenters. The van der Waals surface area contributed by atoms with Gasteiger partial charge in [-0.2, -0.15) is 0 Å². The number of hydrogen-bond acceptors (Lipinski definition) is 2. The summed E-state index contributed by atoms with van der Waals surface area (Å²) in [5, 5.41) is 9.48. The van der Waals surface area contributed by atoms with Crippen molar-refractivity contribution in [2.24, 2.45) is 11.3 Å². The molecule has 2 fully saturated rings. The molecule has 0 amide bonds. The van der Waals surface area contributed by atoms with E-state index in [9.17, 15) is 9.90 Å². The van der Waals surface area contributed by atoms with Gasteiger partial charge in [-0.05, 0) is 38.0 Å². The first-order valence-electron chi connectivity index (χ1n) is 5.99. The van der Waals surface area contributed by atoms with E-state index in [1.54, 1.807) is 0 Å². The molecule has 1 saturated heterocycles. The quantitative estimate of drug-likeness (QED) is 0.572. The molecule has 2 aliphatic rings. The standard InChI is InChI=1S/C13H18O3/c1-2-3-4-7-13(12(14)15)8-9-16-11(13)10-5-6-10/h1,10-11H,3-9H2,(H,14,15). The molecule has 1 N–H and O–H groups in total. The molecular formula is C13H18O3. The topological polar surface area (TPSA) is 46.5 Å². The van der Waals surface area contributed by atoms with Gasteiger partial charge >= 0.3 is 5.97 Å². The second-order valence-corrected chi connectivity index (χ2v) is 4.90. The van der Waals surface area contributed by atoms with Gasteiger partial charge in [0.15, 0.2) is 0 Å². The van der Waals surface area contributed by atoms with E-state index in [1.807, 2.05) is 0 Å². The number of rotatable bonds is 5. The minimum atomic E-state index is -0.695. The van der Waals surface area contributed by atoms with E-state index in [0.29, 0.717) is 31.8 Å². The number of terminal acetylenes is 1. The molecule has 0 radical (unpaired) electrons. The van der Waals surface area contributed by atoms with Gasteiger partial charge < -0.3 is 9.84 Å². The molecule has 1 aliphatic heterocycles. The predicted molar refractivity (Wildman–Crippen MR) is 59.8 cm³/mol. The van der Waals surface area contributed by atoms with Gasteiger partial charge in [0, 0.05) is 13.0 Å². The van der Waals surface area contributed by atoms with Crippen LogP contribution in [0.3, 0.4) is 0 Å². The monoisotopic (exact) mass is 222 g/mol. The largest absolute Gasteiger partial charge is 0.481 e. The zero-order valence-electron chi connectivity index (χ0n) is 9.45. The molecule has 3 nitrogen and oxygen atoms in total. The summed E-state index contributed by atoms with van der Waals surface area (Å²) >= 11 is 0. The highest BCUT2D eigenvalue weighted by Gasteiger charge is 2.55. The molecule has 0 aromatic carbocycles.